The van der Waals surface area contributed by atoms with Gasteiger partial charge in [-0.05, 0) is 50.0 Å². The Morgan fingerprint density at radius 3 is 2.88 bits per heavy atom. The summed E-state index contributed by atoms with van der Waals surface area (Å²) in [6.45, 7) is 0.427. The number of hydrogen-bond acceptors (Lipinski definition) is 4. The normalized spacial score (nSPS) is 10.8. The molecule has 0 aliphatic heterocycles. The van der Waals surface area contributed by atoms with Gasteiger partial charge in [0.25, 0.3) is 0 Å². The number of ether oxygens (including phenoxy) is 1. The molecule has 3 nitrogen and oxygen atoms in total. The highest BCUT2D eigenvalue weighted by Crippen LogP contribution is 2.33. The van der Waals surface area contributed by atoms with E-state index in [9.17, 15) is 0 Å². The standard InChI is InChI=1S/C10H7BrClIN2OS/c1-16-4-6-7(13)9(12)15-10(14-6)8-5(11)2-3-17-8/h2-3H,4H2,1H3. The molecule has 17 heavy (non-hydrogen) atoms. The minimum atomic E-state index is 0.427. The van der Waals surface area contributed by atoms with Crippen molar-refractivity contribution in [3.63, 3.8) is 0 Å². The number of nitrogens with zero attached hydrogens (tertiary/aromatic N) is 2. The molecule has 0 radical (unpaired) electrons. The molecule has 2 rings (SSSR count). The molecule has 0 atom stereocenters. The van der Waals surface area contributed by atoms with Crippen molar-refractivity contribution in [2.75, 3.05) is 7.11 Å². The summed E-state index contributed by atoms with van der Waals surface area (Å²) in [7, 11) is 1.63. The maximum absolute atomic E-state index is 6.10. The number of halogens is 3. The van der Waals surface area contributed by atoms with E-state index >= 15 is 0 Å². The number of thiophene rings is 1. The van der Waals surface area contributed by atoms with Crippen LogP contribution in [0.25, 0.3) is 10.7 Å². The van der Waals surface area contributed by atoms with Gasteiger partial charge in [0.15, 0.2) is 5.82 Å². The van der Waals surface area contributed by atoms with Crippen molar-refractivity contribution in [2.24, 2.45) is 0 Å². The first-order chi connectivity index (χ1) is 8.13. The monoisotopic (exact) mass is 444 g/mol. The number of hydrogen-bond donors (Lipinski definition) is 0. The quantitative estimate of drug-likeness (QED) is 0.520. The Kier molecular flexibility index (Phi) is 4.76. The van der Waals surface area contributed by atoms with Crippen molar-refractivity contribution < 1.29 is 4.74 Å². The topological polar surface area (TPSA) is 35.0 Å². The fraction of sp³-hybridized carbons (Fsp3) is 0.200. The van der Waals surface area contributed by atoms with E-state index in [-0.39, 0.29) is 0 Å². The van der Waals surface area contributed by atoms with E-state index in [1.54, 1.807) is 18.4 Å². The van der Waals surface area contributed by atoms with Crippen molar-refractivity contribution in [1.29, 1.82) is 0 Å². The minimum Gasteiger partial charge on any atom is -0.378 e. The molecular formula is C10H7BrClIN2OS. The fourth-order valence-corrected chi connectivity index (χ4v) is 3.32. The molecule has 90 valence electrons. The van der Waals surface area contributed by atoms with Gasteiger partial charge in [0, 0.05) is 11.6 Å². The second-order valence-corrected chi connectivity index (χ2v) is 6.34. The van der Waals surface area contributed by atoms with Crippen LogP contribution in [-0.2, 0) is 11.3 Å². The van der Waals surface area contributed by atoms with Crippen LogP contribution in [0.4, 0.5) is 0 Å². The van der Waals surface area contributed by atoms with Gasteiger partial charge in [-0.3, -0.25) is 0 Å². The molecule has 0 aliphatic carbocycles. The predicted octanol–water partition coefficient (Wildman–Crippen LogP) is 4.37. The Labute approximate surface area is 130 Å². The van der Waals surface area contributed by atoms with E-state index in [0.717, 1.165) is 18.6 Å². The van der Waals surface area contributed by atoms with Gasteiger partial charge in [0.1, 0.15) is 5.15 Å². The second-order valence-electron chi connectivity index (χ2n) is 3.13. The van der Waals surface area contributed by atoms with Gasteiger partial charge in [0.05, 0.1) is 20.7 Å². The van der Waals surface area contributed by atoms with Crippen molar-refractivity contribution in [2.45, 2.75) is 6.61 Å². The SMILES string of the molecule is COCc1nc(-c2sccc2Br)nc(Cl)c1I. The smallest absolute Gasteiger partial charge is 0.172 e. The van der Waals surface area contributed by atoms with E-state index < -0.39 is 0 Å². The summed E-state index contributed by atoms with van der Waals surface area (Å²) in [4.78, 5) is 9.74. The predicted molar refractivity (Wildman–Crippen MR) is 81.5 cm³/mol. The van der Waals surface area contributed by atoms with Gasteiger partial charge in [-0.2, -0.15) is 0 Å². The lowest BCUT2D eigenvalue weighted by Gasteiger charge is -2.06. The Morgan fingerprint density at radius 1 is 1.53 bits per heavy atom. The van der Waals surface area contributed by atoms with Crippen molar-refractivity contribution in [3.8, 4) is 10.7 Å². The summed E-state index contributed by atoms with van der Waals surface area (Å²) in [6.07, 6.45) is 0. The molecule has 0 N–H and O–H groups in total. The van der Waals surface area contributed by atoms with Gasteiger partial charge in [-0.25, -0.2) is 9.97 Å². The van der Waals surface area contributed by atoms with Crippen LogP contribution in [0.1, 0.15) is 5.69 Å². The highest BCUT2D eigenvalue weighted by molar-refractivity contribution is 14.1. The van der Waals surface area contributed by atoms with E-state index in [2.05, 4.69) is 48.5 Å². The van der Waals surface area contributed by atoms with Gasteiger partial charge >= 0.3 is 0 Å². The minimum absolute atomic E-state index is 0.427. The van der Waals surface area contributed by atoms with E-state index in [0.29, 0.717) is 17.6 Å². The summed E-state index contributed by atoms with van der Waals surface area (Å²) in [5.41, 5.74) is 0.809. The average molecular weight is 446 g/mol. The number of methoxy groups -OCH3 is 1. The van der Waals surface area contributed by atoms with Gasteiger partial charge in [-0.1, -0.05) is 11.6 Å². The molecule has 2 heterocycles. The first kappa shape index (κ1) is 13.7. The van der Waals surface area contributed by atoms with E-state index in [1.807, 2.05) is 11.4 Å². The molecule has 0 saturated heterocycles. The van der Waals surface area contributed by atoms with Crippen LogP contribution in [0.2, 0.25) is 5.15 Å². The highest BCUT2D eigenvalue weighted by Gasteiger charge is 2.14. The highest BCUT2D eigenvalue weighted by atomic mass is 127. The van der Waals surface area contributed by atoms with Gasteiger partial charge < -0.3 is 4.74 Å². The number of rotatable bonds is 3. The molecule has 0 aliphatic rings. The largest absolute Gasteiger partial charge is 0.378 e. The molecule has 0 bridgehead atoms. The first-order valence-electron chi connectivity index (χ1n) is 4.57. The zero-order chi connectivity index (χ0) is 12.4. The maximum atomic E-state index is 6.10. The van der Waals surface area contributed by atoms with Crippen molar-refractivity contribution in [1.82, 2.24) is 9.97 Å². The van der Waals surface area contributed by atoms with E-state index in [4.69, 9.17) is 16.3 Å². The van der Waals surface area contributed by atoms with Crippen LogP contribution in [-0.4, -0.2) is 17.1 Å². The van der Waals surface area contributed by atoms with Crippen molar-refractivity contribution in [3.05, 3.63) is 30.3 Å². The molecule has 2 aromatic rings. The molecule has 0 saturated carbocycles. The Balaban J connectivity index is 2.53. The van der Waals surface area contributed by atoms with Crippen molar-refractivity contribution >= 4 is 61.5 Å². The average Bonchev–Trinajstić information content (AvgIpc) is 2.71. The molecule has 0 amide bonds. The third-order valence-electron chi connectivity index (χ3n) is 1.98. The number of aromatic nitrogens is 2. The zero-order valence-electron chi connectivity index (χ0n) is 8.71. The summed E-state index contributed by atoms with van der Waals surface area (Å²) in [5, 5.41) is 2.44. The van der Waals surface area contributed by atoms with Crippen LogP contribution < -0.4 is 0 Å². The first-order valence-corrected chi connectivity index (χ1v) is 7.70. The van der Waals surface area contributed by atoms with Gasteiger partial charge in [-0.15, -0.1) is 11.3 Å². The summed E-state index contributed by atoms with van der Waals surface area (Å²) in [5.74, 6) is 0.629. The maximum Gasteiger partial charge on any atom is 0.172 e. The van der Waals surface area contributed by atoms with E-state index in [1.165, 1.54) is 0 Å². The molecule has 0 fully saturated rings. The molecule has 0 unspecified atom stereocenters. The molecule has 0 spiro atoms. The van der Waals surface area contributed by atoms with Crippen LogP contribution in [0.3, 0.4) is 0 Å². The van der Waals surface area contributed by atoms with Crippen LogP contribution >= 0.6 is 61.5 Å². The lowest BCUT2D eigenvalue weighted by atomic mass is 10.4. The Morgan fingerprint density at radius 2 is 2.29 bits per heavy atom. The molecular weight excluding hydrogens is 438 g/mol. The van der Waals surface area contributed by atoms with Crippen LogP contribution in [0.5, 0.6) is 0 Å². The summed E-state index contributed by atoms with van der Waals surface area (Å²) < 4.78 is 6.92. The molecule has 2 aromatic heterocycles. The van der Waals surface area contributed by atoms with Crippen LogP contribution in [0, 0.1) is 3.57 Å². The molecule has 0 aromatic carbocycles. The Hall–Kier alpha value is 0.240. The van der Waals surface area contributed by atoms with Gasteiger partial charge in [0.2, 0.25) is 0 Å². The second kappa shape index (κ2) is 5.92. The summed E-state index contributed by atoms with van der Waals surface area (Å²) in [6, 6.07) is 1.96. The lowest BCUT2D eigenvalue weighted by molar-refractivity contribution is 0.181. The lowest BCUT2D eigenvalue weighted by Crippen LogP contribution is -2.01. The molecule has 7 heteroatoms. The van der Waals surface area contributed by atoms with Crippen LogP contribution in [0.15, 0.2) is 15.9 Å². The summed E-state index contributed by atoms with van der Waals surface area (Å²) >= 11 is 13.3. The third-order valence-corrected chi connectivity index (χ3v) is 5.54. The third kappa shape index (κ3) is 2.98. The fourth-order valence-electron chi connectivity index (χ4n) is 1.25. The Bertz CT molecular complexity index is 549. The zero-order valence-corrected chi connectivity index (χ0v) is 14.0.